The van der Waals surface area contributed by atoms with Crippen LogP contribution in [0.2, 0.25) is 0 Å². The van der Waals surface area contributed by atoms with Gasteiger partial charge in [0.2, 0.25) is 0 Å². The van der Waals surface area contributed by atoms with Crippen LogP contribution in [0.15, 0.2) is 73.2 Å². The molecule has 0 aliphatic rings. The molecule has 0 saturated carbocycles. The van der Waals surface area contributed by atoms with Gasteiger partial charge < -0.3 is 10.3 Å². The Bertz CT molecular complexity index is 903. The van der Waals surface area contributed by atoms with Gasteiger partial charge >= 0.3 is 0 Å². The van der Waals surface area contributed by atoms with Crippen LogP contribution in [0.25, 0.3) is 5.57 Å². The fourth-order valence-electron chi connectivity index (χ4n) is 2.84. The predicted octanol–water partition coefficient (Wildman–Crippen LogP) is 4.61. The van der Waals surface area contributed by atoms with E-state index in [1.165, 1.54) is 0 Å². The SMILES string of the molecule is CC(C)(C)NC(=O)c1ccc(C(=CCc2c[nH]cn2)c2ccccc2)cc1. The number of H-pyrrole nitrogens is 1. The van der Waals surface area contributed by atoms with Gasteiger partial charge in [-0.25, -0.2) is 4.98 Å². The van der Waals surface area contributed by atoms with E-state index in [0.29, 0.717) is 5.56 Å². The highest BCUT2D eigenvalue weighted by Crippen LogP contribution is 2.24. The third-order valence-corrected chi connectivity index (χ3v) is 4.10. The van der Waals surface area contributed by atoms with Crippen molar-refractivity contribution in [2.24, 2.45) is 0 Å². The lowest BCUT2D eigenvalue weighted by molar-refractivity contribution is 0.0919. The molecule has 4 heteroatoms. The molecule has 0 spiro atoms. The van der Waals surface area contributed by atoms with Crippen molar-refractivity contribution in [2.45, 2.75) is 32.7 Å². The first-order chi connectivity index (χ1) is 12.9. The smallest absolute Gasteiger partial charge is 0.251 e. The molecule has 138 valence electrons. The summed E-state index contributed by atoms with van der Waals surface area (Å²) in [7, 11) is 0. The summed E-state index contributed by atoms with van der Waals surface area (Å²) >= 11 is 0. The van der Waals surface area contributed by atoms with Crippen molar-refractivity contribution in [1.29, 1.82) is 0 Å². The molecule has 0 fully saturated rings. The average molecular weight is 359 g/mol. The number of imidazole rings is 1. The zero-order valence-corrected chi connectivity index (χ0v) is 16.0. The van der Waals surface area contributed by atoms with Crippen LogP contribution in [0.1, 0.15) is 48.0 Å². The van der Waals surface area contributed by atoms with Crippen LogP contribution in [0.4, 0.5) is 0 Å². The second-order valence-corrected chi connectivity index (χ2v) is 7.53. The van der Waals surface area contributed by atoms with Gasteiger partial charge in [0.05, 0.1) is 12.0 Å². The van der Waals surface area contributed by atoms with E-state index in [1.807, 2.05) is 69.4 Å². The molecular formula is C23H25N3O. The largest absolute Gasteiger partial charge is 0.351 e. The first-order valence-electron chi connectivity index (χ1n) is 9.08. The van der Waals surface area contributed by atoms with Gasteiger partial charge in [0.1, 0.15) is 0 Å². The molecule has 4 nitrogen and oxygen atoms in total. The number of carbonyl (C=O) groups is 1. The molecule has 2 aromatic carbocycles. The van der Waals surface area contributed by atoms with Gasteiger partial charge in [0.15, 0.2) is 0 Å². The fraction of sp³-hybridized carbons (Fsp3) is 0.217. The number of aromatic amines is 1. The topological polar surface area (TPSA) is 57.8 Å². The number of benzene rings is 2. The van der Waals surface area contributed by atoms with Crippen molar-refractivity contribution in [2.75, 3.05) is 0 Å². The molecule has 0 unspecified atom stereocenters. The molecule has 1 aromatic heterocycles. The summed E-state index contributed by atoms with van der Waals surface area (Å²) in [6.07, 6.45) is 6.50. The minimum absolute atomic E-state index is 0.0594. The highest BCUT2D eigenvalue weighted by atomic mass is 16.1. The Balaban J connectivity index is 1.88. The van der Waals surface area contributed by atoms with E-state index in [1.54, 1.807) is 6.33 Å². The molecule has 0 radical (unpaired) electrons. The molecule has 27 heavy (non-hydrogen) atoms. The monoisotopic (exact) mass is 359 g/mol. The van der Waals surface area contributed by atoms with Crippen molar-refractivity contribution in [1.82, 2.24) is 15.3 Å². The maximum Gasteiger partial charge on any atom is 0.251 e. The maximum absolute atomic E-state index is 12.4. The van der Waals surface area contributed by atoms with Crippen molar-refractivity contribution in [3.8, 4) is 0 Å². The highest BCUT2D eigenvalue weighted by Gasteiger charge is 2.15. The lowest BCUT2D eigenvalue weighted by Crippen LogP contribution is -2.40. The molecule has 0 saturated heterocycles. The van der Waals surface area contributed by atoms with Crippen LogP contribution in [0.3, 0.4) is 0 Å². The number of amides is 1. The third-order valence-electron chi connectivity index (χ3n) is 4.10. The Morgan fingerprint density at radius 3 is 2.22 bits per heavy atom. The Morgan fingerprint density at radius 2 is 1.63 bits per heavy atom. The Labute approximate surface area is 160 Å². The van der Waals surface area contributed by atoms with Gasteiger partial charge in [-0.1, -0.05) is 48.5 Å². The van der Waals surface area contributed by atoms with Crippen molar-refractivity contribution in [3.05, 3.63) is 95.6 Å². The van der Waals surface area contributed by atoms with Gasteiger partial charge in [-0.15, -0.1) is 0 Å². The number of allylic oxidation sites excluding steroid dienone is 1. The molecule has 1 heterocycles. The number of aromatic nitrogens is 2. The van der Waals surface area contributed by atoms with E-state index in [-0.39, 0.29) is 11.4 Å². The van der Waals surface area contributed by atoms with Gasteiger partial charge in [-0.2, -0.15) is 0 Å². The minimum Gasteiger partial charge on any atom is -0.351 e. The van der Waals surface area contributed by atoms with Crippen molar-refractivity contribution in [3.63, 3.8) is 0 Å². The van der Waals surface area contributed by atoms with Crippen molar-refractivity contribution >= 4 is 11.5 Å². The Kier molecular flexibility index (Phi) is 5.55. The highest BCUT2D eigenvalue weighted by molar-refractivity contribution is 5.95. The lowest BCUT2D eigenvalue weighted by Gasteiger charge is -2.20. The quantitative estimate of drug-likeness (QED) is 0.699. The average Bonchev–Trinajstić information content (AvgIpc) is 3.15. The second kappa shape index (κ2) is 8.04. The number of nitrogens with zero attached hydrogens (tertiary/aromatic N) is 1. The van der Waals surface area contributed by atoms with Gasteiger partial charge in [0.25, 0.3) is 5.91 Å². The fourth-order valence-corrected chi connectivity index (χ4v) is 2.84. The maximum atomic E-state index is 12.4. The second-order valence-electron chi connectivity index (χ2n) is 7.53. The molecule has 2 N–H and O–H groups in total. The molecule has 1 amide bonds. The van der Waals surface area contributed by atoms with Crippen LogP contribution >= 0.6 is 0 Å². The normalized spacial score (nSPS) is 12.0. The summed E-state index contributed by atoms with van der Waals surface area (Å²) in [5, 5.41) is 2.99. The number of nitrogens with one attached hydrogen (secondary N) is 2. The minimum atomic E-state index is -0.256. The first-order valence-corrected chi connectivity index (χ1v) is 9.08. The summed E-state index contributed by atoms with van der Waals surface area (Å²) in [6, 6.07) is 18.0. The number of hydrogen-bond acceptors (Lipinski definition) is 2. The standard InChI is InChI=1S/C23H25N3O/c1-23(2,3)26-22(27)19-11-9-18(10-12-19)21(17-7-5-4-6-8-17)14-13-20-15-24-16-25-20/h4-12,14-16H,13H2,1-3H3,(H,24,25)(H,26,27). The molecule has 0 atom stereocenters. The number of carbonyl (C=O) groups excluding carboxylic acids is 1. The van der Waals surface area contributed by atoms with Crippen LogP contribution in [-0.2, 0) is 6.42 Å². The summed E-state index contributed by atoms with van der Waals surface area (Å²) in [6.45, 7) is 5.93. The van der Waals surface area contributed by atoms with Gasteiger partial charge in [-0.3, -0.25) is 4.79 Å². The van der Waals surface area contributed by atoms with Crippen LogP contribution in [-0.4, -0.2) is 21.4 Å². The van der Waals surface area contributed by atoms with Crippen LogP contribution < -0.4 is 5.32 Å². The van der Waals surface area contributed by atoms with E-state index in [9.17, 15) is 4.79 Å². The third kappa shape index (κ3) is 5.17. The molecule has 0 aliphatic carbocycles. The summed E-state index contributed by atoms with van der Waals surface area (Å²) in [5.41, 5.74) is 4.73. The molecular weight excluding hydrogens is 334 g/mol. The Hall–Kier alpha value is -3.14. The molecule has 3 rings (SSSR count). The van der Waals surface area contributed by atoms with E-state index in [2.05, 4.69) is 33.5 Å². The molecule has 0 aliphatic heterocycles. The summed E-state index contributed by atoms with van der Waals surface area (Å²) < 4.78 is 0. The Morgan fingerprint density at radius 1 is 1.00 bits per heavy atom. The first kappa shape index (κ1) is 18.6. The van der Waals surface area contributed by atoms with Crippen LogP contribution in [0.5, 0.6) is 0 Å². The van der Waals surface area contributed by atoms with Gasteiger partial charge in [0, 0.05) is 23.7 Å². The molecule has 0 bridgehead atoms. The van der Waals surface area contributed by atoms with E-state index in [0.717, 1.165) is 28.8 Å². The number of hydrogen-bond donors (Lipinski definition) is 2. The molecule has 3 aromatic rings. The summed E-state index contributed by atoms with van der Waals surface area (Å²) in [4.78, 5) is 19.6. The number of rotatable bonds is 5. The zero-order valence-electron chi connectivity index (χ0n) is 16.0. The van der Waals surface area contributed by atoms with E-state index < -0.39 is 0 Å². The van der Waals surface area contributed by atoms with Crippen LogP contribution in [0, 0.1) is 0 Å². The van der Waals surface area contributed by atoms with E-state index in [4.69, 9.17) is 0 Å². The van der Waals surface area contributed by atoms with E-state index >= 15 is 0 Å². The van der Waals surface area contributed by atoms with Crippen molar-refractivity contribution < 1.29 is 4.79 Å². The van der Waals surface area contributed by atoms with Gasteiger partial charge in [-0.05, 0) is 49.6 Å². The predicted molar refractivity (Wildman–Crippen MR) is 109 cm³/mol. The lowest BCUT2D eigenvalue weighted by atomic mass is 9.95. The zero-order chi connectivity index (χ0) is 19.3. The summed E-state index contributed by atoms with van der Waals surface area (Å²) in [5.74, 6) is -0.0594.